The average Bonchev–Trinajstić information content (AvgIpc) is 3.39. The van der Waals surface area contributed by atoms with Crippen LogP contribution >= 0.6 is 22.7 Å². The highest BCUT2D eigenvalue weighted by Crippen LogP contribution is 2.39. The Kier molecular flexibility index (Phi) is 8.16. The number of hydrogen-bond acceptors (Lipinski definition) is 5. The van der Waals surface area contributed by atoms with Gasteiger partial charge >= 0.3 is 6.18 Å². The second-order valence-electron chi connectivity index (χ2n) is 7.00. The average molecular weight is 455 g/mol. The summed E-state index contributed by atoms with van der Waals surface area (Å²) < 4.78 is 46.1. The second kappa shape index (κ2) is 10.8. The van der Waals surface area contributed by atoms with E-state index in [1.165, 1.54) is 30.2 Å². The molecule has 0 unspecified atom stereocenters. The predicted octanol–water partition coefficient (Wildman–Crippen LogP) is 8.37. The van der Waals surface area contributed by atoms with Crippen LogP contribution in [0, 0.1) is 0 Å². The molecular formula is C22H25F3N2OS2. The minimum atomic E-state index is -4.49. The van der Waals surface area contributed by atoms with Gasteiger partial charge in [-0.15, -0.1) is 11.3 Å². The first-order valence-corrected chi connectivity index (χ1v) is 11.9. The summed E-state index contributed by atoms with van der Waals surface area (Å²) in [5.74, 6) is -0.125. The van der Waals surface area contributed by atoms with Gasteiger partial charge in [-0.1, -0.05) is 39.0 Å². The monoisotopic (exact) mass is 454 g/mol. The Morgan fingerprint density at radius 2 is 1.83 bits per heavy atom. The van der Waals surface area contributed by atoms with Crippen LogP contribution < -0.4 is 10.1 Å². The zero-order valence-electron chi connectivity index (χ0n) is 16.8. The molecule has 0 bridgehead atoms. The Balaban J connectivity index is 1.63. The van der Waals surface area contributed by atoms with Gasteiger partial charge in [0.1, 0.15) is 5.75 Å². The molecule has 2 aromatic heterocycles. The number of halogens is 3. The predicted molar refractivity (Wildman–Crippen MR) is 119 cm³/mol. The molecule has 0 atom stereocenters. The second-order valence-corrected chi connectivity index (χ2v) is 8.64. The molecule has 162 valence electrons. The van der Waals surface area contributed by atoms with Gasteiger partial charge in [0.05, 0.1) is 17.9 Å². The molecule has 0 amide bonds. The third-order valence-corrected chi connectivity index (χ3v) is 6.05. The molecule has 0 aliphatic heterocycles. The Hall–Kier alpha value is -2.06. The Labute approximate surface area is 182 Å². The highest BCUT2D eigenvalue weighted by Gasteiger charge is 2.34. The van der Waals surface area contributed by atoms with Crippen molar-refractivity contribution in [3.05, 3.63) is 46.0 Å². The fourth-order valence-electron chi connectivity index (χ4n) is 3.02. The van der Waals surface area contributed by atoms with Crippen LogP contribution in [0.15, 0.2) is 40.4 Å². The van der Waals surface area contributed by atoms with Crippen LogP contribution in [0.4, 0.5) is 24.0 Å². The van der Waals surface area contributed by atoms with Crippen LogP contribution in [0.3, 0.4) is 0 Å². The lowest BCUT2D eigenvalue weighted by Gasteiger charge is -2.15. The van der Waals surface area contributed by atoms with E-state index < -0.39 is 11.7 Å². The normalized spacial score (nSPS) is 11.6. The summed E-state index contributed by atoms with van der Waals surface area (Å²) in [6.45, 7) is 2.44. The number of ether oxygens (including phenoxy) is 1. The first-order chi connectivity index (χ1) is 14.5. The van der Waals surface area contributed by atoms with E-state index in [0.717, 1.165) is 43.0 Å². The fraction of sp³-hybridized carbons (Fsp3) is 0.409. The van der Waals surface area contributed by atoms with E-state index in [2.05, 4.69) is 17.2 Å². The Bertz CT molecular complexity index is 908. The summed E-state index contributed by atoms with van der Waals surface area (Å²) in [6.07, 6.45) is 1.86. The molecule has 0 radical (unpaired) electrons. The highest BCUT2D eigenvalue weighted by molar-refractivity contribution is 7.14. The minimum Gasteiger partial charge on any atom is -0.493 e. The highest BCUT2D eigenvalue weighted by atomic mass is 32.1. The maximum atomic E-state index is 13.6. The summed E-state index contributed by atoms with van der Waals surface area (Å²) in [5.41, 5.74) is 1.37. The van der Waals surface area contributed by atoms with Gasteiger partial charge in [0.15, 0.2) is 5.13 Å². The quantitative estimate of drug-likeness (QED) is 0.296. The molecule has 0 fully saturated rings. The summed E-state index contributed by atoms with van der Waals surface area (Å²) in [5, 5.41) is 9.35. The van der Waals surface area contributed by atoms with Gasteiger partial charge < -0.3 is 10.1 Å². The number of benzene rings is 1. The standard InChI is InChI=1S/C22H25F3N2OS2/c1-2-3-4-5-6-7-11-28-20-9-8-17(13-18(20)22(23,24)25)26-21-27-19(15-30-21)16-10-12-29-14-16/h8-10,12-15H,2-7,11H2,1H3,(H,26,27). The largest absolute Gasteiger partial charge is 0.493 e. The SMILES string of the molecule is CCCCCCCCOc1ccc(Nc2nc(-c3ccsc3)cs2)cc1C(F)(F)F. The number of hydrogen-bond donors (Lipinski definition) is 1. The number of thiazole rings is 1. The first kappa shape index (κ1) is 22.6. The van der Waals surface area contributed by atoms with Gasteiger partial charge in [-0.25, -0.2) is 4.98 Å². The molecule has 2 heterocycles. The van der Waals surface area contributed by atoms with Crippen molar-refractivity contribution in [3.8, 4) is 17.0 Å². The number of rotatable bonds is 11. The van der Waals surface area contributed by atoms with Crippen molar-refractivity contribution >= 4 is 33.5 Å². The summed E-state index contributed by atoms with van der Waals surface area (Å²) >= 11 is 2.93. The molecule has 3 rings (SSSR count). The van der Waals surface area contributed by atoms with E-state index in [1.807, 2.05) is 22.2 Å². The van der Waals surface area contributed by atoms with Gasteiger partial charge in [0.2, 0.25) is 0 Å². The van der Waals surface area contributed by atoms with Gasteiger partial charge in [-0.05, 0) is 36.1 Å². The topological polar surface area (TPSA) is 34.1 Å². The van der Waals surface area contributed by atoms with E-state index in [4.69, 9.17) is 4.74 Å². The van der Waals surface area contributed by atoms with Crippen molar-refractivity contribution in [1.29, 1.82) is 0 Å². The lowest BCUT2D eigenvalue weighted by Crippen LogP contribution is -2.10. The summed E-state index contributed by atoms with van der Waals surface area (Å²) in [6, 6.07) is 6.02. The van der Waals surface area contributed by atoms with Crippen LogP contribution in [-0.2, 0) is 6.18 Å². The smallest absolute Gasteiger partial charge is 0.420 e. The molecule has 0 saturated carbocycles. The van der Waals surface area contributed by atoms with E-state index in [0.29, 0.717) is 17.4 Å². The zero-order chi connectivity index (χ0) is 21.4. The number of nitrogens with zero attached hydrogens (tertiary/aromatic N) is 1. The minimum absolute atomic E-state index is 0.125. The van der Waals surface area contributed by atoms with Crippen LogP contribution in [0.25, 0.3) is 11.3 Å². The van der Waals surface area contributed by atoms with Crippen molar-refractivity contribution in [2.24, 2.45) is 0 Å². The lowest BCUT2D eigenvalue weighted by atomic mass is 10.1. The fourth-order valence-corrected chi connectivity index (χ4v) is 4.41. The van der Waals surface area contributed by atoms with Crippen LogP contribution in [0.2, 0.25) is 0 Å². The summed E-state index contributed by atoms with van der Waals surface area (Å²) in [4.78, 5) is 4.46. The van der Waals surface area contributed by atoms with Crippen molar-refractivity contribution in [2.75, 3.05) is 11.9 Å². The van der Waals surface area contributed by atoms with Crippen LogP contribution in [-0.4, -0.2) is 11.6 Å². The van der Waals surface area contributed by atoms with E-state index >= 15 is 0 Å². The molecule has 8 heteroatoms. The Morgan fingerprint density at radius 3 is 2.57 bits per heavy atom. The van der Waals surface area contributed by atoms with Gasteiger partial charge in [-0.3, -0.25) is 0 Å². The summed E-state index contributed by atoms with van der Waals surface area (Å²) in [7, 11) is 0. The van der Waals surface area contributed by atoms with E-state index in [1.54, 1.807) is 17.4 Å². The van der Waals surface area contributed by atoms with Crippen molar-refractivity contribution < 1.29 is 17.9 Å². The van der Waals surface area contributed by atoms with Crippen molar-refractivity contribution in [3.63, 3.8) is 0 Å². The number of nitrogens with one attached hydrogen (secondary N) is 1. The van der Waals surface area contributed by atoms with Gasteiger partial charge in [0.25, 0.3) is 0 Å². The van der Waals surface area contributed by atoms with Crippen LogP contribution in [0.5, 0.6) is 5.75 Å². The molecule has 0 aliphatic carbocycles. The maximum Gasteiger partial charge on any atom is 0.420 e. The molecule has 3 aromatic rings. The number of unbranched alkanes of at least 4 members (excludes halogenated alkanes) is 5. The molecule has 1 aromatic carbocycles. The number of anilines is 2. The molecule has 30 heavy (non-hydrogen) atoms. The molecular weight excluding hydrogens is 429 g/mol. The van der Waals surface area contributed by atoms with Gasteiger partial charge in [0, 0.05) is 22.0 Å². The van der Waals surface area contributed by atoms with E-state index in [-0.39, 0.29) is 5.75 Å². The number of thiophene rings is 1. The molecule has 1 N–H and O–H groups in total. The third-order valence-electron chi connectivity index (χ3n) is 4.61. The molecule has 0 aliphatic rings. The molecule has 0 saturated heterocycles. The zero-order valence-corrected chi connectivity index (χ0v) is 18.4. The third kappa shape index (κ3) is 6.47. The van der Waals surface area contributed by atoms with E-state index in [9.17, 15) is 13.2 Å². The van der Waals surface area contributed by atoms with Crippen molar-refractivity contribution in [2.45, 2.75) is 51.6 Å². The van der Waals surface area contributed by atoms with Gasteiger partial charge in [-0.2, -0.15) is 24.5 Å². The first-order valence-electron chi connectivity index (χ1n) is 10.1. The Morgan fingerprint density at radius 1 is 1.03 bits per heavy atom. The number of aromatic nitrogens is 1. The lowest BCUT2D eigenvalue weighted by molar-refractivity contribution is -0.138. The van der Waals surface area contributed by atoms with Crippen molar-refractivity contribution in [1.82, 2.24) is 4.98 Å². The van der Waals surface area contributed by atoms with Crippen LogP contribution in [0.1, 0.15) is 51.0 Å². The number of alkyl halides is 3. The molecule has 3 nitrogen and oxygen atoms in total. The molecule has 0 spiro atoms. The maximum absolute atomic E-state index is 13.6.